The second-order valence-corrected chi connectivity index (χ2v) is 11.1. The van der Waals surface area contributed by atoms with Crippen molar-refractivity contribution < 1.29 is 57.1 Å². The molecule has 3 heterocycles. The molecule has 1 aromatic rings. The lowest BCUT2D eigenvalue weighted by atomic mass is 9.98. The van der Waals surface area contributed by atoms with Gasteiger partial charge >= 0.3 is 21.3 Å². The highest BCUT2D eigenvalue weighted by Crippen LogP contribution is 2.61. The smallest absolute Gasteiger partial charge is 0.390 e. The average Bonchev–Trinajstić information content (AvgIpc) is 3.11. The number of aromatic nitrogens is 2. The molecule has 0 radical (unpaired) electrons. The van der Waals surface area contributed by atoms with Crippen LogP contribution in [0.3, 0.4) is 0 Å². The molecule has 0 aliphatic carbocycles. The van der Waals surface area contributed by atoms with Crippen molar-refractivity contribution in [2.75, 3.05) is 6.61 Å². The summed E-state index contributed by atoms with van der Waals surface area (Å²) >= 11 is 0. The predicted molar refractivity (Wildman–Crippen MR) is 113 cm³/mol. The summed E-state index contributed by atoms with van der Waals surface area (Å²) in [5, 5.41) is 29.9. The summed E-state index contributed by atoms with van der Waals surface area (Å²) in [6, 6.07) is -1.31. The summed E-state index contributed by atoms with van der Waals surface area (Å²) in [6.45, 7) is 1.99. The van der Waals surface area contributed by atoms with Crippen LogP contribution < -0.4 is 17.0 Å². The highest BCUT2D eigenvalue weighted by molar-refractivity contribution is 7.61. The minimum Gasteiger partial charge on any atom is -0.390 e. The number of hydrogen-bond donors (Lipinski definition) is 7. The molecule has 10 atom stereocenters. The van der Waals surface area contributed by atoms with Crippen LogP contribution in [0.15, 0.2) is 15.8 Å². The third-order valence-corrected chi connectivity index (χ3v) is 8.00. The van der Waals surface area contributed by atoms with Gasteiger partial charge in [0.05, 0.1) is 31.0 Å². The maximum absolute atomic E-state index is 12.2. The molecule has 17 nitrogen and oxygen atoms in total. The van der Waals surface area contributed by atoms with E-state index in [4.69, 9.17) is 15.2 Å². The van der Waals surface area contributed by atoms with Crippen LogP contribution in [0, 0.1) is 6.92 Å². The largest absolute Gasteiger partial charge is 0.483 e. The topological polar surface area (TPSA) is 262 Å². The third kappa shape index (κ3) is 6.72. The number of phosphoric acid groups is 2. The number of nitrogens with two attached hydrogens (primary N) is 1. The predicted octanol–water partition coefficient (Wildman–Crippen LogP) is -2.46. The summed E-state index contributed by atoms with van der Waals surface area (Å²) in [5.74, 6) is 0. The van der Waals surface area contributed by atoms with Crippen LogP contribution in [-0.2, 0) is 32.0 Å². The minimum absolute atomic E-state index is 0.140. The Balaban J connectivity index is 1.59. The van der Waals surface area contributed by atoms with Crippen molar-refractivity contribution in [3.05, 3.63) is 32.6 Å². The Hall–Kier alpha value is -1.30. The molecule has 2 aliphatic heterocycles. The van der Waals surface area contributed by atoms with E-state index in [1.807, 2.05) is 0 Å². The second-order valence-electron chi connectivity index (χ2n) is 8.10. The Labute approximate surface area is 197 Å². The van der Waals surface area contributed by atoms with Crippen molar-refractivity contribution in [3.63, 3.8) is 0 Å². The lowest BCUT2D eigenvalue weighted by molar-refractivity contribution is -0.240. The van der Waals surface area contributed by atoms with Crippen molar-refractivity contribution in [2.45, 2.75) is 69.3 Å². The van der Waals surface area contributed by atoms with Gasteiger partial charge in [-0.05, 0) is 13.8 Å². The number of nitrogens with one attached hydrogen (secondary N) is 1. The zero-order chi connectivity index (χ0) is 26.3. The van der Waals surface area contributed by atoms with Crippen molar-refractivity contribution >= 4 is 15.6 Å². The fourth-order valence-corrected chi connectivity index (χ4v) is 5.62. The summed E-state index contributed by atoms with van der Waals surface area (Å²) in [4.78, 5) is 45.2. The molecule has 200 valence electrons. The van der Waals surface area contributed by atoms with Gasteiger partial charge in [-0.1, -0.05) is 0 Å². The molecule has 8 N–H and O–H groups in total. The molecule has 0 aromatic carbocycles. The monoisotopic (exact) mass is 547 g/mol. The van der Waals surface area contributed by atoms with Crippen LogP contribution >= 0.6 is 15.6 Å². The number of aromatic amines is 1. The van der Waals surface area contributed by atoms with E-state index < -0.39 is 82.6 Å². The van der Waals surface area contributed by atoms with E-state index in [0.717, 1.165) is 4.57 Å². The molecule has 0 spiro atoms. The van der Waals surface area contributed by atoms with Gasteiger partial charge in [-0.3, -0.25) is 23.4 Å². The van der Waals surface area contributed by atoms with Gasteiger partial charge in [-0.2, -0.15) is 4.31 Å². The SMILES string of the molecule is Cc1cn([C@H]2C[C@@H](O)[C@@H](COP(=O)(O)OP(=O)(O)O[C@@H]3OC(C)[C@H](O)[C@H](N)C3O)O2)c(=O)[nH]c1=O. The lowest BCUT2D eigenvalue weighted by Crippen LogP contribution is -2.60. The number of nitrogens with zero attached hydrogens (tertiary/aromatic N) is 1. The number of aliphatic hydroxyl groups excluding tert-OH is 3. The van der Waals surface area contributed by atoms with E-state index in [9.17, 15) is 43.8 Å². The van der Waals surface area contributed by atoms with Gasteiger partial charge in [-0.25, -0.2) is 13.9 Å². The quantitative estimate of drug-likeness (QED) is 0.166. The van der Waals surface area contributed by atoms with Crippen molar-refractivity contribution in [1.82, 2.24) is 9.55 Å². The normalized spacial score (nSPS) is 37.0. The van der Waals surface area contributed by atoms with Crippen LogP contribution in [0.1, 0.15) is 25.1 Å². The Bertz CT molecular complexity index is 1130. The average molecular weight is 547 g/mol. The standard InChI is InChI=1S/C16H27N3O14P2/c1-6-4-19(16(24)18-14(6)23)10-3-8(20)9(31-10)5-29-34(25,26)33-35(27,28)32-15-13(22)11(17)12(21)7(2)30-15/h4,7-13,15,20-22H,3,5,17H2,1-2H3,(H,25,26)(H,27,28)(H,18,23,24)/t7?,8-,9-,10-,11+,12+,13?,15+/m1/s1. The fraction of sp³-hybridized carbons (Fsp3) is 0.750. The zero-order valence-electron chi connectivity index (χ0n) is 18.4. The van der Waals surface area contributed by atoms with Crippen LogP contribution in [0.2, 0.25) is 0 Å². The fourth-order valence-electron chi connectivity index (χ4n) is 3.46. The number of aliphatic hydroxyl groups is 3. The van der Waals surface area contributed by atoms with E-state index in [0.29, 0.717) is 0 Å². The molecule has 19 heteroatoms. The maximum atomic E-state index is 12.2. The van der Waals surface area contributed by atoms with Gasteiger partial charge < -0.3 is 40.3 Å². The molecule has 2 aliphatic rings. The number of H-pyrrole nitrogens is 1. The molecule has 2 fully saturated rings. The van der Waals surface area contributed by atoms with E-state index in [-0.39, 0.29) is 12.0 Å². The lowest BCUT2D eigenvalue weighted by Gasteiger charge is -2.39. The van der Waals surface area contributed by atoms with Gasteiger partial charge in [-0.15, -0.1) is 0 Å². The van der Waals surface area contributed by atoms with E-state index in [1.54, 1.807) is 0 Å². The molecule has 0 bridgehead atoms. The second kappa shape index (κ2) is 10.6. The Morgan fingerprint density at radius 2 is 1.83 bits per heavy atom. The van der Waals surface area contributed by atoms with Crippen LogP contribution in [0.25, 0.3) is 0 Å². The summed E-state index contributed by atoms with van der Waals surface area (Å²) in [7, 11) is -10.7. The molecule has 3 rings (SSSR count). The van der Waals surface area contributed by atoms with Gasteiger partial charge in [0.25, 0.3) is 5.56 Å². The van der Waals surface area contributed by atoms with Gasteiger partial charge in [0.2, 0.25) is 0 Å². The third-order valence-electron chi connectivity index (χ3n) is 5.40. The van der Waals surface area contributed by atoms with Crippen molar-refractivity contribution in [1.29, 1.82) is 0 Å². The summed E-state index contributed by atoms with van der Waals surface area (Å²) in [5.41, 5.74) is 4.38. The van der Waals surface area contributed by atoms with Crippen LogP contribution in [0.5, 0.6) is 0 Å². The molecule has 4 unspecified atom stereocenters. The highest BCUT2D eigenvalue weighted by Gasteiger charge is 2.47. The molecule has 2 saturated heterocycles. The Morgan fingerprint density at radius 1 is 1.17 bits per heavy atom. The van der Waals surface area contributed by atoms with Gasteiger partial charge in [0.1, 0.15) is 18.4 Å². The summed E-state index contributed by atoms with van der Waals surface area (Å²) < 4.78 is 49.3. The number of hydrogen-bond acceptors (Lipinski definition) is 13. The molecule has 0 saturated carbocycles. The molecular weight excluding hydrogens is 520 g/mol. The number of aryl methyl sites for hydroxylation is 1. The first kappa shape index (κ1) is 28.3. The number of ether oxygens (including phenoxy) is 2. The molecule has 35 heavy (non-hydrogen) atoms. The molecule has 0 amide bonds. The first-order chi connectivity index (χ1) is 16.1. The van der Waals surface area contributed by atoms with Crippen molar-refractivity contribution in [2.24, 2.45) is 5.73 Å². The first-order valence-electron chi connectivity index (χ1n) is 10.2. The Kier molecular flexibility index (Phi) is 8.56. The maximum Gasteiger partial charge on any atom is 0.483 e. The molecular formula is C16H27N3O14P2. The highest BCUT2D eigenvalue weighted by atomic mass is 31.3. The number of phosphoric ester groups is 2. The number of rotatable bonds is 8. The summed E-state index contributed by atoms with van der Waals surface area (Å²) in [6.07, 6.45) is -8.48. The van der Waals surface area contributed by atoms with Gasteiger partial charge in [0.15, 0.2) is 6.29 Å². The van der Waals surface area contributed by atoms with Crippen LogP contribution in [-0.4, -0.2) is 84.1 Å². The first-order valence-corrected chi connectivity index (χ1v) is 13.2. The zero-order valence-corrected chi connectivity index (χ0v) is 20.2. The van der Waals surface area contributed by atoms with Gasteiger partial charge in [0, 0.05) is 18.2 Å². The molecule has 1 aromatic heterocycles. The van der Waals surface area contributed by atoms with Crippen LogP contribution in [0.4, 0.5) is 0 Å². The minimum atomic E-state index is -5.39. The Morgan fingerprint density at radius 3 is 2.49 bits per heavy atom. The van der Waals surface area contributed by atoms with Crippen molar-refractivity contribution in [3.8, 4) is 0 Å². The van der Waals surface area contributed by atoms with E-state index in [2.05, 4.69) is 18.3 Å². The van der Waals surface area contributed by atoms with E-state index in [1.165, 1.54) is 20.0 Å². The van der Waals surface area contributed by atoms with E-state index >= 15 is 0 Å².